The molecule has 2 N–H and O–H groups in total. The first kappa shape index (κ1) is 17.5. The highest BCUT2D eigenvalue weighted by molar-refractivity contribution is 5.85. The van der Waals surface area contributed by atoms with Gasteiger partial charge in [-0.2, -0.15) is 0 Å². The number of hydrogen-bond donors (Lipinski definition) is 2. The molecule has 116 valence electrons. The van der Waals surface area contributed by atoms with Crippen molar-refractivity contribution in [1.82, 2.24) is 10.6 Å². The molecule has 1 amide bonds. The maximum Gasteiger partial charge on any atom is 0.310 e. The van der Waals surface area contributed by atoms with Crippen molar-refractivity contribution in [3.8, 4) is 0 Å². The first-order chi connectivity index (χ1) is 9.63. The molecule has 1 heterocycles. The predicted octanol–water partition coefficient (Wildman–Crippen LogP) is 1.29. The highest BCUT2D eigenvalue weighted by atomic mass is 35.5. The fraction of sp³-hybridized carbons (Fsp3) is 0.467. The molecule has 2 unspecified atom stereocenters. The summed E-state index contributed by atoms with van der Waals surface area (Å²) in [6.07, 6.45) is 0. The van der Waals surface area contributed by atoms with Gasteiger partial charge in [-0.15, -0.1) is 12.4 Å². The number of amides is 1. The predicted molar refractivity (Wildman–Crippen MR) is 82.1 cm³/mol. The summed E-state index contributed by atoms with van der Waals surface area (Å²) in [6, 6.07) is 9.14. The minimum Gasteiger partial charge on any atom is -0.469 e. The maximum absolute atomic E-state index is 12.1. The highest BCUT2D eigenvalue weighted by Gasteiger charge is 2.32. The van der Waals surface area contributed by atoms with Crippen LogP contribution >= 0.6 is 12.4 Å². The molecule has 0 radical (unpaired) electrons. The molecule has 0 saturated carbocycles. The molecule has 6 heteroatoms. The number of rotatable bonds is 5. The second-order valence-electron chi connectivity index (χ2n) is 5.06. The molecule has 2 rings (SSSR count). The van der Waals surface area contributed by atoms with Crippen molar-refractivity contribution in [3.63, 3.8) is 0 Å². The Morgan fingerprint density at radius 2 is 1.90 bits per heavy atom. The van der Waals surface area contributed by atoms with Gasteiger partial charge >= 0.3 is 5.97 Å². The lowest BCUT2D eigenvalue weighted by Crippen LogP contribution is -2.52. The Hall–Kier alpha value is -1.59. The molecule has 1 saturated heterocycles. The van der Waals surface area contributed by atoms with Crippen LogP contribution in [-0.4, -0.2) is 32.1 Å². The van der Waals surface area contributed by atoms with E-state index in [-0.39, 0.29) is 36.2 Å². The van der Waals surface area contributed by atoms with E-state index >= 15 is 0 Å². The molecule has 0 aliphatic carbocycles. The minimum atomic E-state index is -0.431. The summed E-state index contributed by atoms with van der Waals surface area (Å²) in [7, 11) is 1.36. The van der Waals surface area contributed by atoms with Crippen molar-refractivity contribution < 1.29 is 14.3 Å². The molecule has 0 spiro atoms. The Labute approximate surface area is 130 Å². The van der Waals surface area contributed by atoms with Crippen molar-refractivity contribution in [2.75, 3.05) is 20.2 Å². The molecular formula is C15H21ClN2O3. The summed E-state index contributed by atoms with van der Waals surface area (Å²) in [5.74, 6) is -0.787. The summed E-state index contributed by atoms with van der Waals surface area (Å²) in [6.45, 7) is 3.16. The standard InChI is InChI=1S/C15H20N2O3.ClH/c1-10(15(19)20-2)13(11-6-4-3-5-7-11)17-14(18)12-8-16-9-12;/h3-7,10,12-13,16H,8-9H2,1-2H3,(H,17,18);1H. The van der Waals surface area contributed by atoms with E-state index < -0.39 is 5.92 Å². The van der Waals surface area contributed by atoms with Gasteiger partial charge in [0.05, 0.1) is 25.0 Å². The van der Waals surface area contributed by atoms with E-state index in [0.29, 0.717) is 13.1 Å². The van der Waals surface area contributed by atoms with Crippen molar-refractivity contribution in [3.05, 3.63) is 35.9 Å². The Balaban J connectivity index is 0.00000220. The van der Waals surface area contributed by atoms with Crippen LogP contribution < -0.4 is 10.6 Å². The highest BCUT2D eigenvalue weighted by Crippen LogP contribution is 2.23. The number of hydrogen-bond acceptors (Lipinski definition) is 4. The maximum atomic E-state index is 12.1. The van der Waals surface area contributed by atoms with Gasteiger partial charge in [0.2, 0.25) is 5.91 Å². The molecule has 5 nitrogen and oxygen atoms in total. The Kier molecular flexibility index (Phi) is 6.65. The zero-order valence-electron chi connectivity index (χ0n) is 12.2. The van der Waals surface area contributed by atoms with Gasteiger partial charge in [0.15, 0.2) is 0 Å². The van der Waals surface area contributed by atoms with Crippen molar-refractivity contribution in [2.24, 2.45) is 11.8 Å². The van der Waals surface area contributed by atoms with Crippen LogP contribution in [-0.2, 0) is 14.3 Å². The molecular weight excluding hydrogens is 292 g/mol. The number of halogens is 1. The van der Waals surface area contributed by atoms with Crippen LogP contribution in [0.25, 0.3) is 0 Å². The monoisotopic (exact) mass is 312 g/mol. The third kappa shape index (κ3) is 4.19. The Morgan fingerprint density at radius 3 is 2.38 bits per heavy atom. The van der Waals surface area contributed by atoms with E-state index in [0.717, 1.165) is 5.56 Å². The average Bonchev–Trinajstić information content (AvgIpc) is 2.42. The topological polar surface area (TPSA) is 67.4 Å². The third-order valence-electron chi connectivity index (χ3n) is 3.68. The van der Waals surface area contributed by atoms with E-state index in [4.69, 9.17) is 4.74 Å². The smallest absolute Gasteiger partial charge is 0.310 e. The lowest BCUT2D eigenvalue weighted by molar-refractivity contribution is -0.146. The normalized spacial score (nSPS) is 16.9. The summed E-state index contributed by atoms with van der Waals surface area (Å²) in [5, 5.41) is 6.04. The van der Waals surface area contributed by atoms with E-state index in [9.17, 15) is 9.59 Å². The zero-order valence-corrected chi connectivity index (χ0v) is 13.0. The summed E-state index contributed by atoms with van der Waals surface area (Å²) >= 11 is 0. The van der Waals surface area contributed by atoms with Crippen LogP contribution in [0.3, 0.4) is 0 Å². The SMILES string of the molecule is COC(=O)C(C)C(NC(=O)C1CNC1)c1ccccc1.Cl. The summed E-state index contributed by atoms with van der Waals surface area (Å²) in [5.41, 5.74) is 0.908. The number of carbonyl (C=O) groups is 2. The van der Waals surface area contributed by atoms with Gasteiger partial charge in [0, 0.05) is 13.1 Å². The van der Waals surface area contributed by atoms with Gasteiger partial charge in [-0.05, 0) is 12.5 Å². The number of ether oxygens (including phenoxy) is 1. The average molecular weight is 313 g/mol. The number of methoxy groups -OCH3 is 1. The molecule has 1 aromatic rings. The lowest BCUT2D eigenvalue weighted by atomic mass is 9.93. The van der Waals surface area contributed by atoms with Gasteiger partial charge in [-0.25, -0.2) is 0 Å². The fourth-order valence-corrected chi connectivity index (χ4v) is 2.22. The second kappa shape index (κ2) is 8.00. The van der Waals surface area contributed by atoms with Crippen molar-refractivity contribution in [2.45, 2.75) is 13.0 Å². The van der Waals surface area contributed by atoms with Crippen LogP contribution in [0.1, 0.15) is 18.5 Å². The molecule has 0 bridgehead atoms. The van der Waals surface area contributed by atoms with Gasteiger partial charge < -0.3 is 15.4 Å². The number of carbonyl (C=O) groups excluding carboxylic acids is 2. The Morgan fingerprint density at radius 1 is 1.29 bits per heavy atom. The molecule has 1 fully saturated rings. The lowest BCUT2D eigenvalue weighted by Gasteiger charge is -2.30. The van der Waals surface area contributed by atoms with Crippen LogP contribution in [0.15, 0.2) is 30.3 Å². The first-order valence-corrected chi connectivity index (χ1v) is 6.77. The van der Waals surface area contributed by atoms with E-state index in [2.05, 4.69) is 10.6 Å². The minimum absolute atomic E-state index is 0. The van der Waals surface area contributed by atoms with Gasteiger partial charge in [-0.1, -0.05) is 30.3 Å². The fourth-order valence-electron chi connectivity index (χ4n) is 2.22. The van der Waals surface area contributed by atoms with Gasteiger partial charge in [-0.3, -0.25) is 9.59 Å². The molecule has 21 heavy (non-hydrogen) atoms. The van der Waals surface area contributed by atoms with Gasteiger partial charge in [0.25, 0.3) is 0 Å². The van der Waals surface area contributed by atoms with Crippen molar-refractivity contribution in [1.29, 1.82) is 0 Å². The summed E-state index contributed by atoms with van der Waals surface area (Å²) < 4.78 is 4.79. The van der Waals surface area contributed by atoms with Crippen LogP contribution in [0.2, 0.25) is 0 Å². The third-order valence-corrected chi connectivity index (χ3v) is 3.68. The quantitative estimate of drug-likeness (QED) is 0.804. The van der Waals surface area contributed by atoms with E-state index in [1.54, 1.807) is 6.92 Å². The summed E-state index contributed by atoms with van der Waals surface area (Å²) in [4.78, 5) is 23.9. The Bertz CT molecular complexity index is 477. The number of esters is 1. The zero-order chi connectivity index (χ0) is 14.5. The van der Waals surface area contributed by atoms with Crippen LogP contribution in [0.4, 0.5) is 0 Å². The largest absolute Gasteiger partial charge is 0.469 e. The van der Waals surface area contributed by atoms with Crippen molar-refractivity contribution >= 4 is 24.3 Å². The molecule has 0 aromatic heterocycles. The van der Waals surface area contributed by atoms with Crippen LogP contribution in [0.5, 0.6) is 0 Å². The molecule has 1 aromatic carbocycles. The molecule has 2 atom stereocenters. The van der Waals surface area contributed by atoms with Crippen LogP contribution in [0, 0.1) is 11.8 Å². The number of nitrogens with one attached hydrogen (secondary N) is 2. The first-order valence-electron chi connectivity index (χ1n) is 6.77. The van der Waals surface area contributed by atoms with E-state index in [1.807, 2.05) is 30.3 Å². The van der Waals surface area contributed by atoms with Gasteiger partial charge in [0.1, 0.15) is 0 Å². The molecule has 1 aliphatic rings. The van der Waals surface area contributed by atoms with E-state index in [1.165, 1.54) is 7.11 Å². The second-order valence-corrected chi connectivity index (χ2v) is 5.06. The molecule has 1 aliphatic heterocycles. The number of benzene rings is 1.